The van der Waals surface area contributed by atoms with Gasteiger partial charge in [-0.1, -0.05) is 28.9 Å². The molecule has 2 aliphatic rings. The van der Waals surface area contributed by atoms with Crippen LogP contribution in [0.5, 0.6) is 0 Å². The van der Waals surface area contributed by atoms with E-state index in [2.05, 4.69) is 5.16 Å². The Balaban J connectivity index is 1.49. The fraction of sp³-hybridized carbons (Fsp3) is 0.389. The molecule has 1 aromatic carbocycles. The molecule has 4 rings (SSSR count). The summed E-state index contributed by atoms with van der Waals surface area (Å²) in [6.45, 7) is 2.38. The molecule has 1 saturated carbocycles. The Hall–Kier alpha value is -2.67. The van der Waals surface area contributed by atoms with Gasteiger partial charge in [-0.2, -0.15) is 0 Å². The van der Waals surface area contributed by atoms with Crippen LogP contribution in [0.15, 0.2) is 34.9 Å². The molecule has 2 aromatic rings. The lowest BCUT2D eigenvalue weighted by Gasteiger charge is -2.33. The molecule has 1 saturated heterocycles. The number of piperazine rings is 1. The number of carbonyl (C=O) groups is 2. The number of amides is 2. The molecule has 25 heavy (non-hydrogen) atoms. The van der Waals surface area contributed by atoms with E-state index in [1.54, 1.807) is 15.9 Å². The molecule has 2 heterocycles. The molecule has 0 radical (unpaired) electrons. The number of aryl methyl sites for hydroxylation is 1. The van der Waals surface area contributed by atoms with Crippen LogP contribution in [-0.2, 0) is 4.79 Å². The van der Waals surface area contributed by atoms with Gasteiger partial charge in [0.05, 0.1) is 12.1 Å². The highest BCUT2D eigenvalue weighted by Gasteiger charge is 2.52. The summed E-state index contributed by atoms with van der Waals surface area (Å²) >= 11 is 0. The molecule has 2 fully saturated rings. The highest BCUT2D eigenvalue weighted by Crippen LogP contribution is 2.37. The summed E-state index contributed by atoms with van der Waals surface area (Å²) in [6.07, 6.45) is 0.746. The van der Waals surface area contributed by atoms with Crippen molar-refractivity contribution in [1.29, 1.82) is 0 Å². The van der Waals surface area contributed by atoms with Crippen molar-refractivity contribution in [1.82, 2.24) is 15.0 Å². The monoisotopic (exact) mass is 341 g/mol. The van der Waals surface area contributed by atoms with Crippen LogP contribution >= 0.6 is 0 Å². The molecule has 1 aliphatic heterocycles. The maximum absolute atomic E-state index is 12.7. The zero-order valence-electron chi connectivity index (χ0n) is 13.9. The van der Waals surface area contributed by atoms with E-state index in [-0.39, 0.29) is 29.7 Å². The van der Waals surface area contributed by atoms with Gasteiger partial charge in [0.25, 0.3) is 5.91 Å². The van der Waals surface area contributed by atoms with Gasteiger partial charge < -0.3 is 19.4 Å². The van der Waals surface area contributed by atoms with Crippen LogP contribution in [0.1, 0.15) is 22.5 Å². The number of aliphatic hydroxyl groups is 1. The van der Waals surface area contributed by atoms with E-state index in [9.17, 15) is 9.59 Å². The zero-order chi connectivity index (χ0) is 17.6. The molecule has 0 bridgehead atoms. The Morgan fingerprint density at radius 2 is 2.00 bits per heavy atom. The standard InChI is InChI=1S/C18H19N3O4/c1-11-3-2-4-12(7-11)13-8-16(25-19-13)18(24)21-6-5-20(17(23)10-22)14-9-15(14)21/h2-4,7-8,14-15,22H,5-6,9-10H2,1H3. The number of benzene rings is 1. The highest BCUT2D eigenvalue weighted by atomic mass is 16.5. The number of rotatable bonds is 3. The van der Waals surface area contributed by atoms with Crippen LogP contribution < -0.4 is 0 Å². The maximum atomic E-state index is 12.7. The molecule has 1 N–H and O–H groups in total. The van der Waals surface area contributed by atoms with Crippen molar-refractivity contribution in [2.45, 2.75) is 25.4 Å². The van der Waals surface area contributed by atoms with E-state index in [4.69, 9.17) is 9.63 Å². The molecule has 0 spiro atoms. The van der Waals surface area contributed by atoms with Gasteiger partial charge in [-0.25, -0.2) is 0 Å². The number of carbonyl (C=O) groups excluding carboxylic acids is 2. The van der Waals surface area contributed by atoms with E-state index in [0.717, 1.165) is 17.5 Å². The fourth-order valence-electron chi connectivity index (χ4n) is 3.50. The summed E-state index contributed by atoms with van der Waals surface area (Å²) in [7, 11) is 0. The smallest absolute Gasteiger partial charge is 0.292 e. The lowest BCUT2D eigenvalue weighted by atomic mass is 10.1. The molecule has 1 aromatic heterocycles. The SMILES string of the molecule is Cc1cccc(-c2cc(C(=O)N3CCN(C(=O)CO)C4CC43)on2)c1. The second-order valence-corrected chi connectivity index (χ2v) is 6.56. The molecule has 1 aliphatic carbocycles. The average Bonchev–Trinajstić information content (AvgIpc) is 3.27. The molecule has 130 valence electrons. The van der Waals surface area contributed by atoms with E-state index < -0.39 is 6.61 Å². The molecule has 7 heteroatoms. The quantitative estimate of drug-likeness (QED) is 0.902. The Morgan fingerprint density at radius 1 is 1.24 bits per heavy atom. The van der Waals surface area contributed by atoms with E-state index in [1.807, 2.05) is 31.2 Å². The molecule has 2 amide bonds. The van der Waals surface area contributed by atoms with E-state index in [0.29, 0.717) is 18.8 Å². The first kappa shape index (κ1) is 15.8. The lowest BCUT2D eigenvalue weighted by Crippen LogP contribution is -2.51. The van der Waals surface area contributed by atoms with E-state index in [1.165, 1.54) is 0 Å². The largest absolute Gasteiger partial charge is 0.387 e. The third-order valence-electron chi connectivity index (χ3n) is 4.86. The molecular weight excluding hydrogens is 322 g/mol. The first-order chi connectivity index (χ1) is 12.1. The van der Waals surface area contributed by atoms with Gasteiger partial charge in [-0.15, -0.1) is 0 Å². The normalized spacial score (nSPS) is 21.8. The average molecular weight is 341 g/mol. The minimum atomic E-state index is -0.487. The van der Waals surface area contributed by atoms with Crippen molar-refractivity contribution in [3.8, 4) is 11.3 Å². The fourth-order valence-corrected chi connectivity index (χ4v) is 3.50. The van der Waals surface area contributed by atoms with Crippen molar-refractivity contribution in [3.05, 3.63) is 41.7 Å². The van der Waals surface area contributed by atoms with Crippen LogP contribution in [0.3, 0.4) is 0 Å². The molecule has 2 unspecified atom stereocenters. The third kappa shape index (κ3) is 2.80. The minimum Gasteiger partial charge on any atom is -0.387 e. The Bertz CT molecular complexity index is 831. The van der Waals surface area contributed by atoms with Gasteiger partial charge in [0.15, 0.2) is 0 Å². The lowest BCUT2D eigenvalue weighted by molar-refractivity contribution is -0.136. The third-order valence-corrected chi connectivity index (χ3v) is 4.86. The second-order valence-electron chi connectivity index (χ2n) is 6.56. The van der Waals surface area contributed by atoms with Crippen LogP contribution in [0.2, 0.25) is 0 Å². The van der Waals surface area contributed by atoms with Crippen molar-refractivity contribution >= 4 is 11.8 Å². The molecule has 2 atom stereocenters. The number of aliphatic hydroxyl groups excluding tert-OH is 1. The Labute approximate surface area is 144 Å². The van der Waals surface area contributed by atoms with Crippen LogP contribution in [0.4, 0.5) is 0 Å². The first-order valence-corrected chi connectivity index (χ1v) is 8.33. The number of aromatic nitrogens is 1. The molecule has 7 nitrogen and oxygen atoms in total. The van der Waals surface area contributed by atoms with Crippen LogP contribution in [-0.4, -0.2) is 63.7 Å². The maximum Gasteiger partial charge on any atom is 0.292 e. The van der Waals surface area contributed by atoms with Gasteiger partial charge in [0.1, 0.15) is 12.3 Å². The summed E-state index contributed by atoms with van der Waals surface area (Å²) in [5.41, 5.74) is 2.65. The second kappa shape index (κ2) is 6.00. The zero-order valence-corrected chi connectivity index (χ0v) is 13.9. The van der Waals surface area contributed by atoms with Gasteiger partial charge in [0.2, 0.25) is 11.7 Å². The van der Waals surface area contributed by atoms with Gasteiger partial charge in [-0.3, -0.25) is 9.59 Å². The van der Waals surface area contributed by atoms with Gasteiger partial charge in [0, 0.05) is 24.7 Å². The summed E-state index contributed by atoms with van der Waals surface area (Å²) in [4.78, 5) is 27.8. The number of hydrogen-bond donors (Lipinski definition) is 1. The van der Waals surface area contributed by atoms with Crippen molar-refractivity contribution in [3.63, 3.8) is 0 Å². The highest BCUT2D eigenvalue weighted by molar-refractivity contribution is 5.93. The number of nitrogens with zero attached hydrogens (tertiary/aromatic N) is 3. The molecular formula is C18H19N3O4. The number of hydrogen-bond acceptors (Lipinski definition) is 5. The van der Waals surface area contributed by atoms with Crippen LogP contribution in [0, 0.1) is 6.92 Å². The minimum absolute atomic E-state index is 0.00395. The van der Waals surface area contributed by atoms with Crippen molar-refractivity contribution in [2.24, 2.45) is 0 Å². The van der Waals surface area contributed by atoms with Gasteiger partial charge >= 0.3 is 0 Å². The summed E-state index contributed by atoms with van der Waals surface area (Å²) in [5, 5.41) is 13.0. The van der Waals surface area contributed by atoms with Crippen molar-refractivity contribution < 1.29 is 19.2 Å². The van der Waals surface area contributed by atoms with Crippen molar-refractivity contribution in [2.75, 3.05) is 19.7 Å². The summed E-state index contributed by atoms with van der Waals surface area (Å²) in [6, 6.07) is 9.53. The van der Waals surface area contributed by atoms with E-state index >= 15 is 0 Å². The Kier molecular flexibility index (Phi) is 3.80. The Morgan fingerprint density at radius 3 is 2.76 bits per heavy atom. The van der Waals surface area contributed by atoms with Gasteiger partial charge in [-0.05, 0) is 19.4 Å². The predicted molar refractivity (Wildman–Crippen MR) is 88.7 cm³/mol. The predicted octanol–water partition coefficient (Wildman–Crippen LogP) is 1.07. The summed E-state index contributed by atoms with van der Waals surface area (Å²) < 4.78 is 5.27. The van der Waals surface area contributed by atoms with Crippen LogP contribution in [0.25, 0.3) is 11.3 Å². The first-order valence-electron chi connectivity index (χ1n) is 8.33. The topological polar surface area (TPSA) is 86.9 Å². The number of fused-ring (bicyclic) bond motifs is 1. The summed E-state index contributed by atoms with van der Waals surface area (Å²) in [5.74, 6) is -0.264.